The van der Waals surface area contributed by atoms with Crippen molar-refractivity contribution in [2.45, 2.75) is 24.5 Å². The average molecular weight is 355 g/mol. The number of amides is 1. The van der Waals surface area contributed by atoms with Crippen molar-refractivity contribution >= 4 is 11.6 Å². The lowest BCUT2D eigenvalue weighted by Gasteiger charge is -2.61. The number of halogens is 1. The highest BCUT2D eigenvalue weighted by atomic mass is 19.1. The molecule has 1 spiro atoms. The third-order valence-electron chi connectivity index (χ3n) is 5.69. The summed E-state index contributed by atoms with van der Waals surface area (Å²) in [6.45, 7) is 2.02. The smallest absolute Gasteiger partial charge is 0.272 e. The number of carbonyl (C=O) groups excluding carboxylic acids is 1. The zero-order valence-electron chi connectivity index (χ0n) is 14.8. The van der Waals surface area contributed by atoms with Gasteiger partial charge in [0.1, 0.15) is 11.5 Å². The van der Waals surface area contributed by atoms with Crippen molar-refractivity contribution in [3.63, 3.8) is 0 Å². The summed E-state index contributed by atoms with van der Waals surface area (Å²) >= 11 is 0. The summed E-state index contributed by atoms with van der Waals surface area (Å²) in [4.78, 5) is 20.9. The average Bonchev–Trinajstić information content (AvgIpc) is 2.68. The van der Waals surface area contributed by atoms with Crippen molar-refractivity contribution in [2.24, 2.45) is 0 Å². The normalized spacial score (nSPS) is 21.5. The summed E-state index contributed by atoms with van der Waals surface area (Å²) in [5.41, 5.74) is 1.17. The van der Waals surface area contributed by atoms with Crippen LogP contribution < -0.4 is 4.90 Å². The van der Waals surface area contributed by atoms with E-state index in [4.69, 9.17) is 4.74 Å². The predicted octanol–water partition coefficient (Wildman–Crippen LogP) is 2.73. The molecule has 0 saturated carbocycles. The molecule has 4 rings (SSSR count). The number of nitrogens with zero attached hydrogens (tertiary/aromatic N) is 3. The highest BCUT2D eigenvalue weighted by molar-refractivity contribution is 5.92. The number of pyridine rings is 1. The van der Waals surface area contributed by atoms with E-state index in [9.17, 15) is 9.18 Å². The Balaban J connectivity index is 1.51. The molecule has 1 unspecified atom stereocenters. The quantitative estimate of drug-likeness (QED) is 0.849. The Hall–Kier alpha value is -2.47. The fourth-order valence-electron chi connectivity index (χ4n) is 4.22. The number of piperidine rings is 1. The number of benzene rings is 1. The number of hydrogen-bond donors (Lipinski definition) is 0. The number of methoxy groups -OCH3 is 1. The van der Waals surface area contributed by atoms with Crippen LogP contribution in [0.4, 0.5) is 10.1 Å². The Kier molecular flexibility index (Phi) is 4.36. The van der Waals surface area contributed by atoms with Gasteiger partial charge >= 0.3 is 0 Å². The minimum absolute atomic E-state index is 0.0361. The second-order valence-electron chi connectivity index (χ2n) is 6.93. The van der Waals surface area contributed by atoms with Crippen LogP contribution in [0.2, 0.25) is 0 Å². The second-order valence-corrected chi connectivity index (χ2v) is 6.93. The zero-order valence-corrected chi connectivity index (χ0v) is 14.8. The van der Waals surface area contributed by atoms with Gasteiger partial charge in [-0.1, -0.05) is 12.1 Å². The van der Waals surface area contributed by atoms with E-state index in [2.05, 4.69) is 9.88 Å². The first-order chi connectivity index (χ1) is 12.6. The molecule has 1 aromatic carbocycles. The molecule has 0 radical (unpaired) electrons. The number of likely N-dealkylation sites (tertiary alicyclic amines) is 1. The highest BCUT2D eigenvalue weighted by Gasteiger charge is 2.55. The summed E-state index contributed by atoms with van der Waals surface area (Å²) in [6.07, 6.45) is 3.32. The third-order valence-corrected chi connectivity index (χ3v) is 5.69. The minimum atomic E-state index is -0.235. The van der Waals surface area contributed by atoms with Crippen LogP contribution in [0.25, 0.3) is 0 Å². The lowest BCUT2D eigenvalue weighted by molar-refractivity contribution is -0.0433. The van der Waals surface area contributed by atoms with Crippen molar-refractivity contribution in [1.29, 1.82) is 0 Å². The molecule has 3 heterocycles. The monoisotopic (exact) mass is 355 g/mol. The third kappa shape index (κ3) is 2.74. The second kappa shape index (κ2) is 6.68. The van der Waals surface area contributed by atoms with E-state index in [-0.39, 0.29) is 23.4 Å². The van der Waals surface area contributed by atoms with Crippen molar-refractivity contribution in [3.05, 3.63) is 60.2 Å². The molecule has 26 heavy (non-hydrogen) atoms. The molecule has 2 aromatic rings. The first-order valence-electron chi connectivity index (χ1n) is 8.90. The van der Waals surface area contributed by atoms with Gasteiger partial charge in [-0.2, -0.15) is 0 Å². The first kappa shape index (κ1) is 17.0. The van der Waals surface area contributed by atoms with Crippen molar-refractivity contribution in [2.75, 3.05) is 31.6 Å². The number of hydrogen-bond acceptors (Lipinski definition) is 4. The van der Waals surface area contributed by atoms with Crippen molar-refractivity contribution in [1.82, 2.24) is 9.88 Å². The minimum Gasteiger partial charge on any atom is -0.377 e. The molecule has 2 fully saturated rings. The van der Waals surface area contributed by atoms with Gasteiger partial charge in [0.05, 0.1) is 11.6 Å². The number of rotatable bonds is 3. The van der Waals surface area contributed by atoms with Crippen LogP contribution in [0, 0.1) is 5.82 Å². The molecule has 2 aliphatic rings. The molecule has 2 saturated heterocycles. The van der Waals surface area contributed by atoms with E-state index in [0.29, 0.717) is 18.8 Å². The first-order valence-corrected chi connectivity index (χ1v) is 8.90. The van der Waals surface area contributed by atoms with Gasteiger partial charge in [0.15, 0.2) is 0 Å². The van der Waals surface area contributed by atoms with Gasteiger partial charge in [-0.25, -0.2) is 4.39 Å². The maximum absolute atomic E-state index is 13.7. The number of ether oxygens (including phenoxy) is 1. The molecule has 6 heteroatoms. The fourth-order valence-corrected chi connectivity index (χ4v) is 4.22. The molecule has 5 nitrogen and oxygen atoms in total. The van der Waals surface area contributed by atoms with Crippen molar-refractivity contribution in [3.8, 4) is 0 Å². The van der Waals surface area contributed by atoms with Crippen LogP contribution in [0.3, 0.4) is 0 Å². The molecule has 136 valence electrons. The largest absolute Gasteiger partial charge is 0.377 e. The summed E-state index contributed by atoms with van der Waals surface area (Å²) in [5.74, 6) is -0.271. The van der Waals surface area contributed by atoms with Gasteiger partial charge in [-0.15, -0.1) is 0 Å². The molecule has 0 bridgehead atoms. The maximum Gasteiger partial charge on any atom is 0.272 e. The standard InChI is InChI=1S/C20H22FN3O2/c1-26-18-14-24(16-6-4-5-15(21)13-16)20(18)8-11-23(12-9-20)19(25)17-7-2-3-10-22-17/h2-7,10,13,18H,8-9,11-12,14H2,1H3. The maximum atomic E-state index is 13.7. The van der Waals surface area contributed by atoms with Crippen LogP contribution >= 0.6 is 0 Å². The summed E-state index contributed by atoms with van der Waals surface area (Å²) in [7, 11) is 1.72. The molecule has 2 aliphatic heterocycles. The zero-order chi connectivity index (χ0) is 18.1. The highest BCUT2D eigenvalue weighted by Crippen LogP contribution is 2.44. The van der Waals surface area contributed by atoms with Crippen LogP contribution in [0.1, 0.15) is 23.3 Å². The van der Waals surface area contributed by atoms with Gasteiger partial charge in [-0.3, -0.25) is 9.78 Å². The number of aromatic nitrogens is 1. The van der Waals surface area contributed by atoms with E-state index >= 15 is 0 Å². The summed E-state index contributed by atoms with van der Waals surface area (Å²) in [6, 6.07) is 12.1. The molecular weight excluding hydrogens is 333 g/mol. The van der Waals surface area contributed by atoms with Crippen LogP contribution in [0.5, 0.6) is 0 Å². The number of carbonyl (C=O) groups is 1. The fraction of sp³-hybridized carbons (Fsp3) is 0.400. The Morgan fingerprint density at radius 2 is 2.04 bits per heavy atom. The molecule has 1 amide bonds. The van der Waals surface area contributed by atoms with Gasteiger partial charge in [0.2, 0.25) is 0 Å². The Labute approximate surface area is 152 Å². The van der Waals surface area contributed by atoms with Crippen molar-refractivity contribution < 1.29 is 13.9 Å². The molecular formula is C20H22FN3O2. The van der Waals surface area contributed by atoms with E-state index in [1.54, 1.807) is 37.6 Å². The molecule has 1 atom stereocenters. The summed E-state index contributed by atoms with van der Waals surface area (Å²) < 4.78 is 19.4. The van der Waals surface area contributed by atoms with E-state index in [1.165, 1.54) is 6.07 Å². The van der Waals surface area contributed by atoms with Crippen LogP contribution in [-0.2, 0) is 4.74 Å². The SMILES string of the molecule is COC1CN(c2cccc(F)c2)C12CCN(C(=O)c1ccccn1)CC2. The van der Waals surface area contributed by atoms with Crippen LogP contribution in [-0.4, -0.2) is 54.2 Å². The van der Waals surface area contributed by atoms with Crippen LogP contribution in [0.15, 0.2) is 48.7 Å². The lowest BCUT2D eigenvalue weighted by atomic mass is 9.73. The van der Waals surface area contributed by atoms with E-state index in [0.717, 1.165) is 25.1 Å². The topological polar surface area (TPSA) is 45.7 Å². The van der Waals surface area contributed by atoms with Gasteiger partial charge in [0.25, 0.3) is 5.91 Å². The lowest BCUT2D eigenvalue weighted by Crippen LogP contribution is -2.74. The Morgan fingerprint density at radius 3 is 2.69 bits per heavy atom. The van der Waals surface area contributed by atoms with Gasteiger partial charge < -0.3 is 14.5 Å². The molecule has 0 N–H and O–H groups in total. The Bertz CT molecular complexity index is 791. The predicted molar refractivity (Wildman–Crippen MR) is 96.6 cm³/mol. The molecule has 1 aromatic heterocycles. The Morgan fingerprint density at radius 1 is 1.23 bits per heavy atom. The van der Waals surface area contributed by atoms with E-state index in [1.807, 2.05) is 17.0 Å². The molecule has 0 aliphatic carbocycles. The van der Waals surface area contributed by atoms with Gasteiger partial charge in [0, 0.05) is 38.6 Å². The number of anilines is 1. The summed E-state index contributed by atoms with van der Waals surface area (Å²) in [5, 5.41) is 0. The van der Waals surface area contributed by atoms with Gasteiger partial charge in [-0.05, 0) is 43.2 Å². The van der Waals surface area contributed by atoms with E-state index < -0.39 is 0 Å².